The Labute approximate surface area is 80.2 Å². The minimum Gasteiger partial charge on any atom is -0.405 e. The van der Waals surface area contributed by atoms with Crippen LogP contribution >= 0.6 is 0 Å². The highest BCUT2D eigenvalue weighted by molar-refractivity contribution is 5.38. The molecule has 1 rings (SSSR count). The monoisotopic (exact) mass is 225 g/mol. The highest BCUT2D eigenvalue weighted by Crippen LogP contribution is 2.27. The lowest BCUT2D eigenvalue weighted by Crippen LogP contribution is -2.17. The van der Waals surface area contributed by atoms with E-state index in [1.54, 1.807) is 0 Å². The number of nitrogens with zero attached hydrogens (tertiary/aromatic N) is 1. The summed E-state index contributed by atoms with van der Waals surface area (Å²) in [5.74, 6) is -2.14. The van der Waals surface area contributed by atoms with Crippen LogP contribution in [0.3, 0.4) is 0 Å². The van der Waals surface area contributed by atoms with Crippen molar-refractivity contribution in [2.75, 3.05) is 0 Å². The van der Waals surface area contributed by atoms with Crippen LogP contribution < -0.4 is 4.74 Å². The van der Waals surface area contributed by atoms with Gasteiger partial charge in [-0.3, -0.25) is 10.1 Å². The molecule has 0 aromatic heterocycles. The van der Waals surface area contributed by atoms with E-state index < -0.39 is 28.5 Å². The van der Waals surface area contributed by atoms with Crippen LogP contribution in [-0.2, 0) is 0 Å². The fourth-order valence-corrected chi connectivity index (χ4v) is 0.846. The fraction of sp³-hybridized carbons (Fsp3) is 0.143. The molecule has 0 unspecified atom stereocenters. The van der Waals surface area contributed by atoms with E-state index in [9.17, 15) is 27.7 Å². The summed E-state index contributed by atoms with van der Waals surface area (Å²) in [6, 6.07) is 1.38. The van der Waals surface area contributed by atoms with Gasteiger partial charge in [-0.15, -0.1) is 13.2 Å². The van der Waals surface area contributed by atoms with Crippen molar-refractivity contribution in [1.82, 2.24) is 0 Å². The van der Waals surface area contributed by atoms with Crippen molar-refractivity contribution in [1.29, 1.82) is 0 Å². The van der Waals surface area contributed by atoms with Gasteiger partial charge >= 0.3 is 6.36 Å². The summed E-state index contributed by atoms with van der Waals surface area (Å²) in [5, 5.41) is 10.2. The third kappa shape index (κ3) is 3.41. The molecule has 0 bridgehead atoms. The Balaban J connectivity index is 3.04. The predicted octanol–water partition coefficient (Wildman–Crippen LogP) is 2.63. The van der Waals surface area contributed by atoms with Crippen molar-refractivity contribution in [3.8, 4) is 5.75 Å². The third-order valence-corrected chi connectivity index (χ3v) is 1.30. The molecule has 0 N–H and O–H groups in total. The second kappa shape index (κ2) is 3.71. The molecule has 0 heterocycles. The third-order valence-electron chi connectivity index (χ3n) is 1.30. The number of rotatable bonds is 2. The van der Waals surface area contributed by atoms with Gasteiger partial charge in [0.15, 0.2) is 0 Å². The molecule has 0 atom stereocenters. The van der Waals surface area contributed by atoms with Gasteiger partial charge in [-0.1, -0.05) is 0 Å². The quantitative estimate of drug-likeness (QED) is 0.441. The molecule has 4 nitrogen and oxygen atoms in total. The molecule has 0 saturated heterocycles. The van der Waals surface area contributed by atoms with Crippen molar-refractivity contribution >= 4 is 5.69 Å². The van der Waals surface area contributed by atoms with E-state index in [0.717, 1.165) is 0 Å². The van der Waals surface area contributed by atoms with Gasteiger partial charge in [-0.25, -0.2) is 4.39 Å². The van der Waals surface area contributed by atoms with Crippen molar-refractivity contribution in [3.05, 3.63) is 34.1 Å². The van der Waals surface area contributed by atoms with Crippen LogP contribution in [0, 0.1) is 15.9 Å². The molecule has 0 radical (unpaired) electrons. The standard InChI is InChI=1S/C7H3F4NO3/c8-4-1-5(12(13)14)3-6(2-4)15-7(9,10)11/h1-3H. The lowest BCUT2D eigenvalue weighted by molar-refractivity contribution is -0.385. The largest absolute Gasteiger partial charge is 0.573 e. The molecule has 0 fully saturated rings. The minimum absolute atomic E-state index is 0.403. The Morgan fingerprint density at radius 1 is 1.27 bits per heavy atom. The first-order valence-corrected chi connectivity index (χ1v) is 3.48. The highest BCUT2D eigenvalue weighted by atomic mass is 19.4. The Kier molecular flexibility index (Phi) is 2.78. The SMILES string of the molecule is O=[N+]([O-])c1cc(F)cc(OC(F)(F)F)c1. The summed E-state index contributed by atoms with van der Waals surface area (Å²) < 4.78 is 51.0. The number of benzene rings is 1. The maximum Gasteiger partial charge on any atom is 0.573 e. The molecule has 0 aliphatic rings. The molecule has 1 aromatic carbocycles. The van der Waals surface area contributed by atoms with Crippen LogP contribution in [0.1, 0.15) is 0 Å². The van der Waals surface area contributed by atoms with Gasteiger partial charge in [0.1, 0.15) is 11.6 Å². The summed E-state index contributed by atoms with van der Waals surface area (Å²) in [6.07, 6.45) is -5.01. The zero-order valence-corrected chi connectivity index (χ0v) is 6.92. The van der Waals surface area contributed by atoms with Crippen molar-refractivity contribution < 1.29 is 27.2 Å². The Morgan fingerprint density at radius 3 is 2.33 bits per heavy atom. The van der Waals surface area contributed by atoms with Crippen LogP contribution in [0.2, 0.25) is 0 Å². The molecule has 0 amide bonds. The van der Waals surface area contributed by atoms with Gasteiger partial charge < -0.3 is 4.74 Å². The van der Waals surface area contributed by atoms with Gasteiger partial charge in [0.25, 0.3) is 5.69 Å². The fourth-order valence-electron chi connectivity index (χ4n) is 0.846. The number of nitro benzene ring substituents is 1. The Hall–Kier alpha value is -1.86. The van der Waals surface area contributed by atoms with Crippen molar-refractivity contribution in [2.24, 2.45) is 0 Å². The van der Waals surface area contributed by atoms with Gasteiger partial charge in [-0.05, 0) is 0 Å². The lowest BCUT2D eigenvalue weighted by atomic mass is 10.3. The Morgan fingerprint density at radius 2 is 1.87 bits per heavy atom. The zero-order valence-electron chi connectivity index (χ0n) is 6.92. The molecule has 0 aliphatic carbocycles. The lowest BCUT2D eigenvalue weighted by Gasteiger charge is -2.08. The van der Waals surface area contributed by atoms with Crippen molar-refractivity contribution in [3.63, 3.8) is 0 Å². The first-order valence-electron chi connectivity index (χ1n) is 3.48. The van der Waals surface area contributed by atoms with E-state index in [0.29, 0.717) is 18.2 Å². The number of halogens is 4. The van der Waals surface area contributed by atoms with Gasteiger partial charge in [0, 0.05) is 6.07 Å². The minimum atomic E-state index is -5.01. The number of ether oxygens (including phenoxy) is 1. The average Bonchev–Trinajstić information content (AvgIpc) is 1.99. The molecular formula is C7H3F4NO3. The summed E-state index contributed by atoms with van der Waals surface area (Å²) in [6.45, 7) is 0. The molecule has 82 valence electrons. The second-order valence-electron chi connectivity index (χ2n) is 2.45. The summed E-state index contributed by atoms with van der Waals surface area (Å²) in [5.41, 5.74) is -0.811. The summed E-state index contributed by atoms with van der Waals surface area (Å²) in [7, 11) is 0. The molecule has 15 heavy (non-hydrogen) atoms. The molecule has 0 saturated carbocycles. The maximum absolute atomic E-state index is 12.6. The van der Waals surface area contributed by atoms with E-state index in [-0.39, 0.29) is 0 Å². The van der Waals surface area contributed by atoms with E-state index in [2.05, 4.69) is 4.74 Å². The molecule has 0 spiro atoms. The van der Waals surface area contributed by atoms with E-state index in [1.807, 2.05) is 0 Å². The van der Waals surface area contributed by atoms with Crippen LogP contribution in [0.4, 0.5) is 23.2 Å². The van der Waals surface area contributed by atoms with E-state index in [1.165, 1.54) is 0 Å². The average molecular weight is 225 g/mol. The molecule has 1 aromatic rings. The number of hydrogen-bond donors (Lipinski definition) is 0. The Bertz CT molecular complexity index is 390. The molecular weight excluding hydrogens is 222 g/mol. The van der Waals surface area contributed by atoms with Gasteiger partial charge in [0.05, 0.1) is 17.1 Å². The highest BCUT2D eigenvalue weighted by Gasteiger charge is 2.32. The zero-order chi connectivity index (χ0) is 11.6. The molecule has 8 heteroatoms. The normalized spacial score (nSPS) is 11.2. The van der Waals surface area contributed by atoms with Crippen LogP contribution in [0.5, 0.6) is 5.75 Å². The summed E-state index contributed by atoms with van der Waals surface area (Å²) in [4.78, 5) is 9.15. The topological polar surface area (TPSA) is 52.4 Å². The van der Waals surface area contributed by atoms with Gasteiger partial charge in [0.2, 0.25) is 0 Å². The number of non-ortho nitro benzene ring substituents is 1. The van der Waals surface area contributed by atoms with Crippen LogP contribution in [0.25, 0.3) is 0 Å². The van der Waals surface area contributed by atoms with Crippen molar-refractivity contribution in [2.45, 2.75) is 6.36 Å². The smallest absolute Gasteiger partial charge is 0.405 e. The number of nitro groups is 1. The number of alkyl halides is 3. The van der Waals surface area contributed by atoms with Crippen LogP contribution in [-0.4, -0.2) is 11.3 Å². The van der Waals surface area contributed by atoms with Gasteiger partial charge in [-0.2, -0.15) is 0 Å². The van der Waals surface area contributed by atoms with E-state index in [4.69, 9.17) is 0 Å². The van der Waals surface area contributed by atoms with E-state index >= 15 is 0 Å². The van der Waals surface area contributed by atoms with Crippen LogP contribution in [0.15, 0.2) is 18.2 Å². The first kappa shape index (κ1) is 11.2. The summed E-state index contributed by atoms with van der Waals surface area (Å²) >= 11 is 0. The maximum atomic E-state index is 12.6. The predicted molar refractivity (Wildman–Crippen MR) is 39.7 cm³/mol. The first-order chi connectivity index (χ1) is 6.78. The number of hydrogen-bond acceptors (Lipinski definition) is 3. The molecule has 0 aliphatic heterocycles. The second-order valence-corrected chi connectivity index (χ2v) is 2.45.